The predicted octanol–water partition coefficient (Wildman–Crippen LogP) is 3.95. The van der Waals surface area contributed by atoms with Crippen LogP contribution in [-0.2, 0) is 0 Å². The third kappa shape index (κ3) is 6.05. The van der Waals surface area contributed by atoms with Gasteiger partial charge in [-0.25, -0.2) is 0 Å². The Hall–Kier alpha value is -1.03. The molecule has 1 N–H and O–H groups in total. The van der Waals surface area contributed by atoms with Crippen LogP contribution in [0.15, 0.2) is 18.2 Å². The molecular formula is C14H24O3S. The highest BCUT2D eigenvalue weighted by atomic mass is 32.2. The molecule has 0 aromatic heterocycles. The molecule has 0 amide bonds. The van der Waals surface area contributed by atoms with Gasteiger partial charge in [0, 0.05) is 0 Å². The van der Waals surface area contributed by atoms with Gasteiger partial charge in [0.25, 0.3) is 0 Å². The maximum atomic E-state index is 9.34. The Morgan fingerprint density at radius 1 is 1.00 bits per heavy atom. The van der Waals surface area contributed by atoms with E-state index in [0.29, 0.717) is 11.5 Å². The molecule has 0 aliphatic carbocycles. The standard InChI is InChI=1S/C8H10O3.C4H8S.C2H6/c1-10-6-4-3-5-7(11-2)8(6)9;1-2-4-5-3-1;1-2/h3-5,9H,1-2H3;1-4H2;1-2H3. The molecule has 104 valence electrons. The van der Waals surface area contributed by atoms with Crippen LogP contribution in [0.2, 0.25) is 0 Å². The van der Waals surface area contributed by atoms with E-state index in [0.717, 1.165) is 0 Å². The van der Waals surface area contributed by atoms with Crippen LogP contribution in [0.5, 0.6) is 17.2 Å². The average Bonchev–Trinajstić information content (AvgIpc) is 3.00. The van der Waals surface area contributed by atoms with Crippen molar-refractivity contribution in [2.75, 3.05) is 25.7 Å². The lowest BCUT2D eigenvalue weighted by Gasteiger charge is -2.06. The van der Waals surface area contributed by atoms with Crippen molar-refractivity contribution in [3.63, 3.8) is 0 Å². The summed E-state index contributed by atoms with van der Waals surface area (Å²) in [6, 6.07) is 5.08. The summed E-state index contributed by atoms with van der Waals surface area (Å²) in [5.74, 6) is 3.71. The third-order valence-corrected chi connectivity index (χ3v) is 3.38. The van der Waals surface area contributed by atoms with Gasteiger partial charge < -0.3 is 14.6 Å². The molecule has 0 radical (unpaired) electrons. The summed E-state index contributed by atoms with van der Waals surface area (Å²) < 4.78 is 9.71. The van der Waals surface area contributed by atoms with E-state index in [9.17, 15) is 5.11 Å². The van der Waals surface area contributed by atoms with Crippen LogP contribution < -0.4 is 9.47 Å². The molecule has 2 rings (SSSR count). The normalized spacial score (nSPS) is 12.7. The smallest absolute Gasteiger partial charge is 0.200 e. The highest BCUT2D eigenvalue weighted by Crippen LogP contribution is 2.34. The quantitative estimate of drug-likeness (QED) is 0.884. The molecule has 4 heteroatoms. The Kier molecular flexibility index (Phi) is 10.4. The molecule has 0 saturated carbocycles. The number of para-hydroxylation sites is 1. The van der Waals surface area contributed by atoms with E-state index in [4.69, 9.17) is 9.47 Å². The molecule has 0 spiro atoms. The van der Waals surface area contributed by atoms with E-state index in [2.05, 4.69) is 11.8 Å². The lowest BCUT2D eigenvalue weighted by Crippen LogP contribution is -1.87. The molecule has 1 aliphatic rings. The monoisotopic (exact) mass is 272 g/mol. The second kappa shape index (κ2) is 11.1. The Morgan fingerprint density at radius 2 is 1.44 bits per heavy atom. The fraction of sp³-hybridized carbons (Fsp3) is 0.571. The Bertz CT molecular complexity index is 282. The van der Waals surface area contributed by atoms with Crippen molar-refractivity contribution in [3.05, 3.63) is 18.2 Å². The van der Waals surface area contributed by atoms with Gasteiger partial charge in [-0.3, -0.25) is 0 Å². The van der Waals surface area contributed by atoms with E-state index in [1.54, 1.807) is 18.2 Å². The number of rotatable bonds is 2. The summed E-state index contributed by atoms with van der Waals surface area (Å²) in [5, 5.41) is 9.34. The zero-order chi connectivity index (χ0) is 13.8. The molecule has 0 unspecified atom stereocenters. The molecule has 0 atom stereocenters. The summed E-state index contributed by atoms with van der Waals surface area (Å²) in [6.07, 6.45) is 2.93. The summed E-state index contributed by atoms with van der Waals surface area (Å²) in [4.78, 5) is 0. The second-order valence-electron chi connectivity index (χ2n) is 3.33. The maximum Gasteiger partial charge on any atom is 0.200 e. The molecule has 3 nitrogen and oxygen atoms in total. The highest BCUT2D eigenvalue weighted by molar-refractivity contribution is 7.99. The summed E-state index contributed by atoms with van der Waals surface area (Å²) in [5.41, 5.74) is 0. The first-order valence-electron chi connectivity index (χ1n) is 6.27. The molecular weight excluding hydrogens is 248 g/mol. The third-order valence-electron chi connectivity index (χ3n) is 2.23. The minimum Gasteiger partial charge on any atom is -0.502 e. The number of hydrogen-bond acceptors (Lipinski definition) is 4. The topological polar surface area (TPSA) is 38.7 Å². The van der Waals surface area contributed by atoms with E-state index in [1.807, 2.05) is 13.8 Å². The first-order valence-corrected chi connectivity index (χ1v) is 7.42. The van der Waals surface area contributed by atoms with Gasteiger partial charge in [-0.1, -0.05) is 19.9 Å². The minimum atomic E-state index is 0.0394. The SMILES string of the molecule is C1CCSC1.CC.COc1cccc(OC)c1O. The minimum absolute atomic E-state index is 0.0394. The van der Waals surface area contributed by atoms with Crippen molar-refractivity contribution in [2.45, 2.75) is 26.7 Å². The van der Waals surface area contributed by atoms with Gasteiger partial charge in [0.05, 0.1) is 14.2 Å². The van der Waals surface area contributed by atoms with Crippen molar-refractivity contribution in [2.24, 2.45) is 0 Å². The van der Waals surface area contributed by atoms with Crippen LogP contribution in [0.25, 0.3) is 0 Å². The fourth-order valence-electron chi connectivity index (χ4n) is 1.34. The van der Waals surface area contributed by atoms with Gasteiger partial charge in [0.1, 0.15) is 0 Å². The zero-order valence-corrected chi connectivity index (χ0v) is 12.5. The molecule has 1 aliphatic heterocycles. The van der Waals surface area contributed by atoms with Crippen LogP contribution in [0, 0.1) is 0 Å². The largest absolute Gasteiger partial charge is 0.502 e. The average molecular weight is 272 g/mol. The summed E-state index contributed by atoms with van der Waals surface area (Å²) in [6.45, 7) is 4.00. The number of phenols is 1. The number of thioether (sulfide) groups is 1. The van der Waals surface area contributed by atoms with E-state index < -0.39 is 0 Å². The first kappa shape index (κ1) is 17.0. The van der Waals surface area contributed by atoms with Gasteiger partial charge in [-0.05, 0) is 36.5 Å². The Labute approximate surface area is 115 Å². The number of benzene rings is 1. The lowest BCUT2D eigenvalue weighted by atomic mass is 10.3. The first-order chi connectivity index (χ1) is 8.79. The molecule has 1 aromatic rings. The zero-order valence-electron chi connectivity index (χ0n) is 11.7. The number of ether oxygens (including phenoxy) is 2. The molecule has 0 bridgehead atoms. The van der Waals surface area contributed by atoms with Crippen molar-refractivity contribution in [1.29, 1.82) is 0 Å². The number of methoxy groups -OCH3 is 2. The van der Waals surface area contributed by atoms with Gasteiger partial charge >= 0.3 is 0 Å². The van der Waals surface area contributed by atoms with Gasteiger partial charge in [-0.2, -0.15) is 11.8 Å². The second-order valence-corrected chi connectivity index (χ2v) is 4.56. The predicted molar refractivity (Wildman–Crippen MR) is 79.1 cm³/mol. The van der Waals surface area contributed by atoms with Crippen molar-refractivity contribution >= 4 is 11.8 Å². The Balaban J connectivity index is 0.000000343. The number of phenolic OH excluding ortho intramolecular Hbond substituents is 1. The van der Waals surface area contributed by atoms with E-state index in [1.165, 1.54) is 38.6 Å². The molecule has 18 heavy (non-hydrogen) atoms. The van der Waals surface area contributed by atoms with Crippen molar-refractivity contribution in [3.8, 4) is 17.2 Å². The van der Waals surface area contributed by atoms with E-state index in [-0.39, 0.29) is 5.75 Å². The van der Waals surface area contributed by atoms with Gasteiger partial charge in [-0.15, -0.1) is 0 Å². The van der Waals surface area contributed by atoms with Crippen LogP contribution >= 0.6 is 11.8 Å². The lowest BCUT2D eigenvalue weighted by molar-refractivity contribution is 0.340. The van der Waals surface area contributed by atoms with Gasteiger partial charge in [0.15, 0.2) is 11.5 Å². The fourth-order valence-corrected chi connectivity index (χ4v) is 2.36. The van der Waals surface area contributed by atoms with Crippen LogP contribution in [0.4, 0.5) is 0 Å². The number of aromatic hydroxyl groups is 1. The van der Waals surface area contributed by atoms with Crippen molar-refractivity contribution < 1.29 is 14.6 Å². The highest BCUT2D eigenvalue weighted by Gasteiger charge is 2.05. The van der Waals surface area contributed by atoms with Crippen LogP contribution in [0.3, 0.4) is 0 Å². The summed E-state index contributed by atoms with van der Waals surface area (Å²) in [7, 11) is 2.99. The maximum absolute atomic E-state index is 9.34. The molecule has 1 aromatic carbocycles. The summed E-state index contributed by atoms with van der Waals surface area (Å²) >= 11 is 2.07. The van der Waals surface area contributed by atoms with Crippen LogP contribution in [0.1, 0.15) is 26.7 Å². The molecule has 1 fully saturated rings. The van der Waals surface area contributed by atoms with Crippen LogP contribution in [-0.4, -0.2) is 30.8 Å². The van der Waals surface area contributed by atoms with E-state index >= 15 is 0 Å². The molecule has 1 heterocycles. The Morgan fingerprint density at radius 3 is 1.72 bits per heavy atom. The molecule has 1 saturated heterocycles. The van der Waals surface area contributed by atoms with Crippen molar-refractivity contribution in [1.82, 2.24) is 0 Å². The van der Waals surface area contributed by atoms with Gasteiger partial charge in [0.2, 0.25) is 5.75 Å². The number of hydrogen-bond donors (Lipinski definition) is 1.